The quantitative estimate of drug-likeness (QED) is 0.670. The third kappa shape index (κ3) is 4.59. The molecule has 0 atom stereocenters. The summed E-state index contributed by atoms with van der Waals surface area (Å²) in [6, 6.07) is 4.08. The van der Waals surface area contributed by atoms with Gasteiger partial charge in [-0.1, -0.05) is 12.8 Å². The van der Waals surface area contributed by atoms with E-state index in [1.165, 1.54) is 12.8 Å². The van der Waals surface area contributed by atoms with Gasteiger partial charge < -0.3 is 10.6 Å². The van der Waals surface area contributed by atoms with Gasteiger partial charge in [0, 0.05) is 41.5 Å². The van der Waals surface area contributed by atoms with Crippen LogP contribution in [0.1, 0.15) is 36.9 Å². The summed E-state index contributed by atoms with van der Waals surface area (Å²) in [5.74, 6) is 1.36. The predicted octanol–water partition coefficient (Wildman–Crippen LogP) is 3.15. The molecule has 3 heterocycles. The number of hydrogen-bond donors (Lipinski definition) is 2. The molecule has 0 saturated heterocycles. The van der Waals surface area contributed by atoms with Crippen LogP contribution in [-0.2, 0) is 11.3 Å². The van der Waals surface area contributed by atoms with Crippen LogP contribution in [0.5, 0.6) is 0 Å². The Morgan fingerprint density at radius 1 is 1.17 bits per heavy atom. The lowest BCUT2D eigenvalue weighted by Gasteiger charge is -2.12. The summed E-state index contributed by atoms with van der Waals surface area (Å²) in [6.45, 7) is 4.15. The van der Waals surface area contributed by atoms with Crippen LogP contribution in [0, 0.1) is 13.8 Å². The second-order valence-electron chi connectivity index (χ2n) is 7.44. The highest BCUT2D eigenvalue weighted by atomic mass is 16.2. The molecule has 0 bridgehead atoms. The highest BCUT2D eigenvalue weighted by Gasteiger charge is 2.17. The van der Waals surface area contributed by atoms with E-state index in [0.717, 1.165) is 41.2 Å². The number of nitrogens with zero attached hydrogens (tertiary/aromatic N) is 5. The van der Waals surface area contributed by atoms with Crippen LogP contribution >= 0.6 is 0 Å². The van der Waals surface area contributed by atoms with Crippen LogP contribution in [0.4, 0.5) is 11.5 Å². The predicted molar refractivity (Wildman–Crippen MR) is 111 cm³/mol. The molecule has 3 aromatic heterocycles. The Bertz CT molecular complexity index is 994. The standard InChI is InChI=1S/C21H25N7O/c1-14-15(2)24-21(16-7-9-22-10-8-16)27-20(14)26-18-11-23-28(12-18)13-19(29)25-17-5-3-4-6-17/h7-12,17H,3-6,13H2,1-2H3,(H,25,29)(H,24,26,27). The lowest BCUT2D eigenvalue weighted by atomic mass is 10.2. The molecule has 0 aliphatic heterocycles. The van der Waals surface area contributed by atoms with Crippen molar-refractivity contribution < 1.29 is 4.79 Å². The molecule has 29 heavy (non-hydrogen) atoms. The SMILES string of the molecule is Cc1nc(-c2ccncc2)nc(Nc2cnn(CC(=O)NC3CCCC3)c2)c1C. The Morgan fingerprint density at radius 3 is 2.69 bits per heavy atom. The molecular formula is C21H25N7O. The van der Waals surface area contributed by atoms with Gasteiger partial charge in [0.1, 0.15) is 12.4 Å². The zero-order valence-electron chi connectivity index (χ0n) is 16.7. The van der Waals surface area contributed by atoms with E-state index in [1.54, 1.807) is 23.3 Å². The lowest BCUT2D eigenvalue weighted by Crippen LogP contribution is -2.35. The highest BCUT2D eigenvalue weighted by molar-refractivity contribution is 5.76. The normalized spacial score (nSPS) is 14.1. The summed E-state index contributed by atoms with van der Waals surface area (Å²) in [7, 11) is 0. The van der Waals surface area contributed by atoms with Gasteiger partial charge in [0.25, 0.3) is 0 Å². The minimum absolute atomic E-state index is 0.000541. The third-order valence-corrected chi connectivity index (χ3v) is 5.25. The number of nitrogens with one attached hydrogen (secondary N) is 2. The van der Waals surface area contributed by atoms with Gasteiger partial charge >= 0.3 is 0 Å². The molecule has 0 unspecified atom stereocenters. The first-order valence-electron chi connectivity index (χ1n) is 9.93. The van der Waals surface area contributed by atoms with Crippen molar-refractivity contribution in [1.82, 2.24) is 30.0 Å². The number of hydrogen-bond acceptors (Lipinski definition) is 6. The number of amides is 1. The fraction of sp³-hybridized carbons (Fsp3) is 0.381. The Hall–Kier alpha value is -3.29. The number of anilines is 2. The molecule has 150 valence electrons. The van der Waals surface area contributed by atoms with Gasteiger partial charge in [-0.05, 0) is 38.8 Å². The maximum absolute atomic E-state index is 12.2. The number of aromatic nitrogens is 5. The van der Waals surface area contributed by atoms with Crippen molar-refractivity contribution in [3.63, 3.8) is 0 Å². The first-order chi connectivity index (χ1) is 14.1. The molecule has 4 rings (SSSR count). The second-order valence-corrected chi connectivity index (χ2v) is 7.44. The molecule has 8 heteroatoms. The average molecular weight is 391 g/mol. The van der Waals surface area contributed by atoms with E-state index >= 15 is 0 Å². The van der Waals surface area contributed by atoms with Gasteiger partial charge in [-0.25, -0.2) is 9.97 Å². The van der Waals surface area contributed by atoms with E-state index in [4.69, 9.17) is 0 Å². The maximum atomic E-state index is 12.2. The highest BCUT2D eigenvalue weighted by Crippen LogP contribution is 2.24. The van der Waals surface area contributed by atoms with Gasteiger partial charge in [0.05, 0.1) is 11.9 Å². The zero-order valence-corrected chi connectivity index (χ0v) is 16.7. The van der Waals surface area contributed by atoms with E-state index in [0.29, 0.717) is 11.9 Å². The molecule has 1 aliphatic carbocycles. The first-order valence-corrected chi connectivity index (χ1v) is 9.93. The number of rotatable bonds is 6. The van der Waals surface area contributed by atoms with Crippen LogP contribution in [-0.4, -0.2) is 36.7 Å². The van der Waals surface area contributed by atoms with E-state index < -0.39 is 0 Å². The molecule has 1 amide bonds. The van der Waals surface area contributed by atoms with Crippen LogP contribution < -0.4 is 10.6 Å². The Morgan fingerprint density at radius 2 is 1.93 bits per heavy atom. The summed E-state index contributed by atoms with van der Waals surface area (Å²) < 4.78 is 1.64. The monoisotopic (exact) mass is 391 g/mol. The number of aryl methyl sites for hydroxylation is 1. The summed E-state index contributed by atoms with van der Waals surface area (Å²) in [6.07, 6.45) is 11.5. The number of carbonyl (C=O) groups excluding carboxylic acids is 1. The largest absolute Gasteiger partial charge is 0.352 e. The molecule has 0 radical (unpaired) electrons. The van der Waals surface area contributed by atoms with E-state index in [2.05, 4.69) is 30.7 Å². The zero-order chi connectivity index (χ0) is 20.2. The summed E-state index contributed by atoms with van der Waals surface area (Å²) in [5.41, 5.74) is 3.55. The van der Waals surface area contributed by atoms with Gasteiger partial charge in [0.2, 0.25) is 5.91 Å². The van der Waals surface area contributed by atoms with Crippen molar-refractivity contribution in [3.05, 3.63) is 48.2 Å². The first kappa shape index (κ1) is 19.0. The van der Waals surface area contributed by atoms with Gasteiger partial charge in [-0.2, -0.15) is 5.10 Å². The van der Waals surface area contributed by atoms with Crippen molar-refractivity contribution in [2.24, 2.45) is 0 Å². The summed E-state index contributed by atoms with van der Waals surface area (Å²) in [4.78, 5) is 25.5. The molecule has 1 saturated carbocycles. The van der Waals surface area contributed by atoms with Crippen molar-refractivity contribution >= 4 is 17.4 Å². The average Bonchev–Trinajstić information content (AvgIpc) is 3.38. The minimum Gasteiger partial charge on any atom is -0.352 e. The number of carbonyl (C=O) groups is 1. The van der Waals surface area contributed by atoms with E-state index in [1.807, 2.05) is 32.2 Å². The summed E-state index contributed by atoms with van der Waals surface area (Å²) in [5, 5.41) is 10.7. The number of pyridine rings is 1. The molecular weight excluding hydrogens is 366 g/mol. The molecule has 1 fully saturated rings. The van der Waals surface area contributed by atoms with Gasteiger partial charge in [0.15, 0.2) is 5.82 Å². The van der Waals surface area contributed by atoms with Crippen LogP contribution in [0.15, 0.2) is 36.9 Å². The molecule has 8 nitrogen and oxygen atoms in total. The molecule has 0 aromatic carbocycles. The smallest absolute Gasteiger partial charge is 0.241 e. The van der Waals surface area contributed by atoms with Crippen LogP contribution in [0.2, 0.25) is 0 Å². The lowest BCUT2D eigenvalue weighted by molar-refractivity contribution is -0.122. The van der Waals surface area contributed by atoms with Gasteiger partial charge in [-0.3, -0.25) is 14.5 Å². The fourth-order valence-electron chi connectivity index (χ4n) is 3.52. The van der Waals surface area contributed by atoms with Crippen LogP contribution in [0.25, 0.3) is 11.4 Å². The van der Waals surface area contributed by atoms with Crippen molar-refractivity contribution in [2.45, 2.75) is 52.1 Å². The Balaban J connectivity index is 1.47. The Labute approximate surface area is 169 Å². The Kier molecular flexibility index (Phi) is 5.50. The third-order valence-electron chi connectivity index (χ3n) is 5.25. The summed E-state index contributed by atoms with van der Waals surface area (Å²) >= 11 is 0. The molecule has 0 spiro atoms. The van der Waals surface area contributed by atoms with Crippen molar-refractivity contribution in [1.29, 1.82) is 0 Å². The molecule has 1 aliphatic rings. The van der Waals surface area contributed by atoms with E-state index in [9.17, 15) is 4.79 Å². The van der Waals surface area contributed by atoms with Crippen LogP contribution in [0.3, 0.4) is 0 Å². The van der Waals surface area contributed by atoms with E-state index in [-0.39, 0.29) is 12.5 Å². The topological polar surface area (TPSA) is 97.6 Å². The van der Waals surface area contributed by atoms with Gasteiger partial charge in [-0.15, -0.1) is 0 Å². The van der Waals surface area contributed by atoms with Crippen molar-refractivity contribution in [2.75, 3.05) is 5.32 Å². The molecule has 2 N–H and O–H groups in total. The minimum atomic E-state index is 0.000541. The fourth-order valence-corrected chi connectivity index (χ4v) is 3.52. The second kappa shape index (κ2) is 8.38. The van der Waals surface area contributed by atoms with Crippen molar-refractivity contribution in [3.8, 4) is 11.4 Å². The molecule has 3 aromatic rings. The maximum Gasteiger partial charge on any atom is 0.241 e.